The smallest absolute Gasteiger partial charge is 0.311 e. The molecule has 0 aromatic carbocycles. The monoisotopic (exact) mass is 385 g/mol. The summed E-state index contributed by atoms with van der Waals surface area (Å²) in [5, 5.41) is 4.66. The molecule has 6 nitrogen and oxygen atoms in total. The molecule has 2 aromatic rings. The Bertz CT molecular complexity index is 706. The molecule has 9 heteroatoms. The fourth-order valence-corrected chi connectivity index (χ4v) is 3.76. The number of thioether (sulfide) groups is 1. The number of thiazole rings is 1. The fraction of sp³-hybridized carbons (Fsp3) is 0.333. The van der Waals surface area contributed by atoms with Gasteiger partial charge in [-0.25, -0.2) is 9.97 Å². The number of carbonyl (C=O) groups excluding carboxylic acids is 2. The van der Waals surface area contributed by atoms with Gasteiger partial charge < -0.3 is 10.1 Å². The van der Waals surface area contributed by atoms with Gasteiger partial charge in [-0.3, -0.25) is 9.59 Å². The van der Waals surface area contributed by atoms with E-state index >= 15 is 0 Å². The Balaban J connectivity index is 1.88. The summed E-state index contributed by atoms with van der Waals surface area (Å²) in [5.41, 5.74) is 0.646. The van der Waals surface area contributed by atoms with Crippen LogP contribution >= 0.6 is 34.7 Å². The summed E-state index contributed by atoms with van der Waals surface area (Å²) in [4.78, 5) is 32.0. The van der Waals surface area contributed by atoms with Crippen LogP contribution in [0.1, 0.15) is 19.5 Å². The highest BCUT2D eigenvalue weighted by Gasteiger charge is 2.17. The van der Waals surface area contributed by atoms with E-state index in [-0.39, 0.29) is 23.5 Å². The number of rotatable bonds is 7. The number of nitrogens with zero attached hydrogens (tertiary/aromatic N) is 2. The first-order valence-electron chi connectivity index (χ1n) is 7.17. The Morgan fingerprint density at radius 3 is 2.92 bits per heavy atom. The lowest BCUT2D eigenvalue weighted by molar-refractivity contribution is -0.142. The SMILES string of the molecule is CCOC(=O)Cc1csc(S[C@@H](C)C(=O)Nc2ccc(Cl)cn2)n1. The van der Waals surface area contributed by atoms with Crippen LogP contribution in [0.5, 0.6) is 0 Å². The largest absolute Gasteiger partial charge is 0.466 e. The van der Waals surface area contributed by atoms with Crippen molar-refractivity contribution in [2.24, 2.45) is 0 Å². The van der Waals surface area contributed by atoms with Crippen molar-refractivity contribution in [3.8, 4) is 0 Å². The molecule has 128 valence electrons. The third-order valence-corrected chi connectivity index (χ3v) is 5.13. The Morgan fingerprint density at radius 2 is 2.25 bits per heavy atom. The quantitative estimate of drug-likeness (QED) is 0.581. The zero-order chi connectivity index (χ0) is 17.5. The molecule has 0 aliphatic rings. The Labute approximate surface area is 153 Å². The zero-order valence-corrected chi connectivity index (χ0v) is 15.5. The van der Waals surface area contributed by atoms with E-state index in [4.69, 9.17) is 16.3 Å². The number of amides is 1. The number of esters is 1. The van der Waals surface area contributed by atoms with Crippen molar-refractivity contribution >= 4 is 52.4 Å². The van der Waals surface area contributed by atoms with Crippen LogP contribution in [0.3, 0.4) is 0 Å². The first kappa shape index (κ1) is 18.7. The molecule has 0 unspecified atom stereocenters. The average Bonchev–Trinajstić information content (AvgIpc) is 2.96. The first-order chi connectivity index (χ1) is 11.5. The number of hydrogen-bond donors (Lipinski definition) is 1. The number of aromatic nitrogens is 2. The number of hydrogen-bond acceptors (Lipinski definition) is 7. The minimum absolute atomic E-state index is 0.139. The van der Waals surface area contributed by atoms with Gasteiger partial charge in [-0.15, -0.1) is 11.3 Å². The molecular formula is C15H16ClN3O3S2. The lowest BCUT2D eigenvalue weighted by atomic mass is 10.3. The number of ether oxygens (including phenoxy) is 1. The predicted octanol–water partition coefficient (Wildman–Crippen LogP) is 3.42. The molecule has 0 spiro atoms. The van der Waals surface area contributed by atoms with Crippen molar-refractivity contribution in [1.82, 2.24) is 9.97 Å². The van der Waals surface area contributed by atoms with Crippen molar-refractivity contribution in [3.63, 3.8) is 0 Å². The van der Waals surface area contributed by atoms with Gasteiger partial charge in [-0.2, -0.15) is 0 Å². The third kappa shape index (κ3) is 5.77. The van der Waals surface area contributed by atoms with E-state index < -0.39 is 0 Å². The second-order valence-electron chi connectivity index (χ2n) is 4.70. The maximum Gasteiger partial charge on any atom is 0.311 e. The summed E-state index contributed by atoms with van der Waals surface area (Å²) in [5.74, 6) is -0.0464. The van der Waals surface area contributed by atoms with E-state index in [0.29, 0.717) is 23.1 Å². The van der Waals surface area contributed by atoms with Crippen LogP contribution in [-0.2, 0) is 20.7 Å². The van der Waals surface area contributed by atoms with Gasteiger partial charge in [0.25, 0.3) is 0 Å². The Hall–Kier alpha value is -1.64. The van der Waals surface area contributed by atoms with E-state index in [0.717, 1.165) is 4.34 Å². The topological polar surface area (TPSA) is 81.2 Å². The highest BCUT2D eigenvalue weighted by Crippen LogP contribution is 2.27. The van der Waals surface area contributed by atoms with Gasteiger partial charge in [0.05, 0.1) is 29.0 Å². The second-order valence-corrected chi connectivity index (χ2v) is 7.58. The summed E-state index contributed by atoms with van der Waals surface area (Å²) < 4.78 is 5.61. The molecule has 0 fully saturated rings. The van der Waals surface area contributed by atoms with Crippen LogP contribution in [0.4, 0.5) is 5.82 Å². The average molecular weight is 386 g/mol. The molecule has 0 saturated heterocycles. The van der Waals surface area contributed by atoms with Gasteiger partial charge in [-0.05, 0) is 26.0 Å². The van der Waals surface area contributed by atoms with Crippen LogP contribution in [0, 0.1) is 0 Å². The number of carbonyl (C=O) groups is 2. The maximum atomic E-state index is 12.2. The number of pyridine rings is 1. The van der Waals surface area contributed by atoms with E-state index in [1.165, 1.54) is 29.3 Å². The van der Waals surface area contributed by atoms with Gasteiger partial charge in [0.15, 0.2) is 4.34 Å². The fourth-order valence-electron chi connectivity index (χ4n) is 1.67. The Kier molecular flexibility index (Phi) is 7.01. The molecule has 0 bridgehead atoms. The molecule has 0 aliphatic carbocycles. The van der Waals surface area contributed by atoms with Gasteiger partial charge in [0.1, 0.15) is 5.82 Å². The molecular weight excluding hydrogens is 370 g/mol. The van der Waals surface area contributed by atoms with Crippen molar-refractivity contribution in [3.05, 3.63) is 34.4 Å². The van der Waals surface area contributed by atoms with Crippen LogP contribution in [0.15, 0.2) is 28.0 Å². The molecule has 1 amide bonds. The summed E-state index contributed by atoms with van der Waals surface area (Å²) in [7, 11) is 0. The van der Waals surface area contributed by atoms with Crippen molar-refractivity contribution in [1.29, 1.82) is 0 Å². The molecule has 2 heterocycles. The van der Waals surface area contributed by atoms with Crippen LogP contribution in [-0.4, -0.2) is 33.7 Å². The van der Waals surface area contributed by atoms with Gasteiger partial charge in [0.2, 0.25) is 5.91 Å². The number of halogens is 1. The van der Waals surface area contributed by atoms with E-state index in [9.17, 15) is 9.59 Å². The predicted molar refractivity (Wildman–Crippen MR) is 95.6 cm³/mol. The van der Waals surface area contributed by atoms with Gasteiger partial charge >= 0.3 is 5.97 Å². The highest BCUT2D eigenvalue weighted by molar-refractivity contribution is 8.02. The van der Waals surface area contributed by atoms with Crippen LogP contribution in [0.2, 0.25) is 5.02 Å². The van der Waals surface area contributed by atoms with Crippen LogP contribution < -0.4 is 5.32 Å². The van der Waals surface area contributed by atoms with Crippen molar-refractivity contribution in [2.75, 3.05) is 11.9 Å². The molecule has 2 aromatic heterocycles. The lowest BCUT2D eigenvalue weighted by Crippen LogP contribution is -2.22. The van der Waals surface area contributed by atoms with E-state index in [2.05, 4.69) is 15.3 Å². The first-order valence-corrected chi connectivity index (χ1v) is 9.30. The normalized spacial score (nSPS) is 11.8. The second kappa shape index (κ2) is 9.00. The zero-order valence-electron chi connectivity index (χ0n) is 13.1. The number of anilines is 1. The third-order valence-electron chi connectivity index (χ3n) is 2.79. The van der Waals surface area contributed by atoms with E-state index in [1.807, 2.05) is 0 Å². The Morgan fingerprint density at radius 1 is 1.46 bits per heavy atom. The molecule has 1 N–H and O–H groups in total. The highest BCUT2D eigenvalue weighted by atomic mass is 35.5. The van der Waals surface area contributed by atoms with Gasteiger partial charge in [0, 0.05) is 11.6 Å². The molecule has 1 atom stereocenters. The molecule has 0 radical (unpaired) electrons. The molecule has 24 heavy (non-hydrogen) atoms. The lowest BCUT2D eigenvalue weighted by Gasteiger charge is -2.09. The van der Waals surface area contributed by atoms with Crippen molar-refractivity contribution in [2.45, 2.75) is 29.9 Å². The van der Waals surface area contributed by atoms with E-state index in [1.54, 1.807) is 31.4 Å². The maximum absolute atomic E-state index is 12.2. The standard InChI is InChI=1S/C15H16ClN3O3S2/c1-3-22-13(20)6-11-8-23-15(18-11)24-9(2)14(21)19-12-5-4-10(16)7-17-12/h4-5,7-9H,3,6H2,1-2H3,(H,17,19,21)/t9-/m0/s1. The van der Waals surface area contributed by atoms with Crippen LogP contribution in [0.25, 0.3) is 0 Å². The van der Waals surface area contributed by atoms with Crippen molar-refractivity contribution < 1.29 is 14.3 Å². The summed E-state index contributed by atoms with van der Waals surface area (Å²) in [6.07, 6.45) is 1.61. The van der Waals surface area contributed by atoms with Gasteiger partial charge in [-0.1, -0.05) is 23.4 Å². The molecule has 0 saturated carbocycles. The molecule has 0 aliphatic heterocycles. The minimum atomic E-state index is -0.357. The summed E-state index contributed by atoms with van der Waals surface area (Å²) >= 11 is 8.48. The summed E-state index contributed by atoms with van der Waals surface area (Å²) in [6.45, 7) is 3.89. The summed E-state index contributed by atoms with van der Waals surface area (Å²) in [6, 6.07) is 3.29. The molecule has 2 rings (SSSR count). The minimum Gasteiger partial charge on any atom is -0.466 e. The number of nitrogens with one attached hydrogen (secondary N) is 1.